The summed E-state index contributed by atoms with van der Waals surface area (Å²) in [5, 5.41) is 10.0. The van der Waals surface area contributed by atoms with Gasteiger partial charge in [-0.2, -0.15) is 0 Å². The second-order valence-corrected chi connectivity index (χ2v) is 5.39. The van der Waals surface area contributed by atoms with Crippen molar-refractivity contribution in [3.8, 4) is 45.5 Å². The van der Waals surface area contributed by atoms with Crippen LogP contribution in [0.1, 0.15) is 0 Å². The number of nitrogens with zero attached hydrogens (tertiary/aromatic N) is 1. The van der Waals surface area contributed by atoms with Crippen LogP contribution in [-0.2, 0) is 0 Å². The van der Waals surface area contributed by atoms with Gasteiger partial charge in [0.15, 0.2) is 11.5 Å². The summed E-state index contributed by atoms with van der Waals surface area (Å²) in [6.07, 6.45) is 1.46. The number of phenolic OH excluding ortho intramolecular Hbond substituents is 1. The molecule has 2 aromatic carbocycles. The van der Waals surface area contributed by atoms with Crippen LogP contribution in [0.3, 0.4) is 0 Å². The molecule has 2 N–H and O–H groups in total. The van der Waals surface area contributed by atoms with Crippen molar-refractivity contribution < 1.29 is 19.3 Å². The zero-order valence-corrected chi connectivity index (χ0v) is 14.6. The first-order valence-electron chi connectivity index (χ1n) is 7.77. The average Bonchev–Trinajstić information content (AvgIpc) is 2.67. The number of rotatable bonds is 5. The second-order valence-electron chi connectivity index (χ2n) is 5.39. The highest BCUT2D eigenvalue weighted by Crippen LogP contribution is 2.40. The fourth-order valence-electron chi connectivity index (χ4n) is 2.65. The molecule has 3 aromatic rings. The Hall–Kier alpha value is -3.48. The molecule has 7 heteroatoms. The van der Waals surface area contributed by atoms with Crippen LogP contribution in [0.25, 0.3) is 22.5 Å². The Kier molecular flexibility index (Phi) is 4.79. The number of phenols is 1. The van der Waals surface area contributed by atoms with Gasteiger partial charge in [0.2, 0.25) is 5.75 Å². The molecule has 0 saturated carbocycles. The van der Waals surface area contributed by atoms with Gasteiger partial charge in [0, 0.05) is 17.3 Å². The summed E-state index contributed by atoms with van der Waals surface area (Å²) >= 11 is 0. The standard InChI is InChI=1S/C19H18N2O5/c1-24-15-8-11(9-16(25-2)18(15)26-3)17-19(23)20-10-13(21-17)12-6-4-5-7-14(12)22/h4-10,22H,1-3H3,(H,20,23). The molecule has 26 heavy (non-hydrogen) atoms. The van der Waals surface area contributed by atoms with E-state index in [0.717, 1.165) is 0 Å². The van der Waals surface area contributed by atoms with Gasteiger partial charge in [-0.05, 0) is 24.3 Å². The predicted octanol–water partition coefficient (Wildman–Crippen LogP) is 2.84. The Balaban J connectivity index is 2.20. The molecule has 0 unspecified atom stereocenters. The van der Waals surface area contributed by atoms with E-state index < -0.39 is 0 Å². The van der Waals surface area contributed by atoms with Crippen molar-refractivity contribution in [1.29, 1.82) is 0 Å². The molecule has 0 atom stereocenters. The van der Waals surface area contributed by atoms with Crippen LogP contribution in [0.5, 0.6) is 23.0 Å². The molecule has 0 aliphatic carbocycles. The van der Waals surface area contributed by atoms with Crippen LogP contribution in [0.4, 0.5) is 0 Å². The summed E-state index contributed by atoms with van der Waals surface area (Å²) in [5.74, 6) is 1.32. The zero-order chi connectivity index (χ0) is 18.7. The number of methoxy groups -OCH3 is 3. The van der Waals surface area contributed by atoms with Crippen molar-refractivity contribution in [2.24, 2.45) is 0 Å². The van der Waals surface area contributed by atoms with Gasteiger partial charge >= 0.3 is 0 Å². The van der Waals surface area contributed by atoms with Crippen LogP contribution >= 0.6 is 0 Å². The van der Waals surface area contributed by atoms with Gasteiger partial charge in [-0.25, -0.2) is 4.98 Å². The molecule has 0 spiro atoms. The van der Waals surface area contributed by atoms with E-state index in [0.29, 0.717) is 34.1 Å². The Morgan fingerprint density at radius 1 is 1.00 bits per heavy atom. The minimum absolute atomic E-state index is 0.0721. The Bertz CT molecular complexity index is 972. The summed E-state index contributed by atoms with van der Waals surface area (Å²) in [6.45, 7) is 0. The molecule has 1 aromatic heterocycles. The predicted molar refractivity (Wildman–Crippen MR) is 97.1 cm³/mol. The largest absolute Gasteiger partial charge is 0.507 e. The van der Waals surface area contributed by atoms with Crippen molar-refractivity contribution >= 4 is 0 Å². The Morgan fingerprint density at radius 2 is 1.65 bits per heavy atom. The number of hydrogen-bond acceptors (Lipinski definition) is 6. The van der Waals surface area contributed by atoms with E-state index in [1.807, 2.05) is 0 Å². The van der Waals surface area contributed by atoms with E-state index in [4.69, 9.17) is 14.2 Å². The maximum absolute atomic E-state index is 12.3. The lowest BCUT2D eigenvalue weighted by atomic mass is 10.1. The molecule has 0 aliphatic rings. The third kappa shape index (κ3) is 3.06. The van der Waals surface area contributed by atoms with E-state index in [2.05, 4.69) is 9.97 Å². The molecule has 7 nitrogen and oxygen atoms in total. The van der Waals surface area contributed by atoms with Gasteiger partial charge in [0.25, 0.3) is 5.56 Å². The van der Waals surface area contributed by atoms with Gasteiger partial charge in [0.05, 0.1) is 27.0 Å². The van der Waals surface area contributed by atoms with E-state index in [-0.39, 0.29) is 17.0 Å². The van der Waals surface area contributed by atoms with Gasteiger partial charge in [-0.15, -0.1) is 0 Å². The first-order chi connectivity index (χ1) is 12.6. The summed E-state index contributed by atoms with van der Waals surface area (Å²) < 4.78 is 16.0. The average molecular weight is 354 g/mol. The van der Waals surface area contributed by atoms with Gasteiger partial charge in [-0.1, -0.05) is 12.1 Å². The number of aromatic amines is 1. The van der Waals surface area contributed by atoms with Crippen LogP contribution in [0.2, 0.25) is 0 Å². The lowest BCUT2D eigenvalue weighted by Gasteiger charge is -2.14. The fourth-order valence-corrected chi connectivity index (χ4v) is 2.65. The molecular formula is C19H18N2O5. The lowest BCUT2D eigenvalue weighted by Crippen LogP contribution is -2.11. The molecule has 3 rings (SSSR count). The molecule has 0 bridgehead atoms. The second kappa shape index (κ2) is 7.18. The minimum atomic E-state index is -0.376. The third-order valence-corrected chi connectivity index (χ3v) is 3.91. The molecule has 0 radical (unpaired) electrons. The van der Waals surface area contributed by atoms with E-state index >= 15 is 0 Å². The molecule has 0 amide bonds. The van der Waals surface area contributed by atoms with Crippen LogP contribution < -0.4 is 19.8 Å². The van der Waals surface area contributed by atoms with Gasteiger partial charge < -0.3 is 24.3 Å². The molecule has 0 fully saturated rings. The first kappa shape index (κ1) is 17.3. The first-order valence-corrected chi connectivity index (χ1v) is 7.77. The normalized spacial score (nSPS) is 10.4. The number of aromatic nitrogens is 2. The highest BCUT2D eigenvalue weighted by Gasteiger charge is 2.17. The topological polar surface area (TPSA) is 93.7 Å². The molecule has 1 heterocycles. The summed E-state index contributed by atoms with van der Waals surface area (Å²) in [5.41, 5.74) is 1.24. The third-order valence-electron chi connectivity index (χ3n) is 3.91. The number of benzene rings is 2. The van der Waals surface area contributed by atoms with Crippen molar-refractivity contribution in [3.63, 3.8) is 0 Å². The smallest absolute Gasteiger partial charge is 0.274 e. The van der Waals surface area contributed by atoms with Gasteiger partial charge in [0.1, 0.15) is 11.4 Å². The van der Waals surface area contributed by atoms with Crippen molar-refractivity contribution in [3.05, 3.63) is 52.9 Å². The zero-order valence-electron chi connectivity index (χ0n) is 14.6. The Labute approximate surface area is 149 Å². The molecule has 0 saturated heterocycles. The Morgan fingerprint density at radius 3 is 2.23 bits per heavy atom. The summed E-state index contributed by atoms with van der Waals surface area (Å²) in [4.78, 5) is 19.4. The van der Waals surface area contributed by atoms with Crippen molar-refractivity contribution in [1.82, 2.24) is 9.97 Å². The van der Waals surface area contributed by atoms with Gasteiger partial charge in [-0.3, -0.25) is 4.79 Å². The summed E-state index contributed by atoms with van der Waals surface area (Å²) in [6, 6.07) is 10.1. The van der Waals surface area contributed by atoms with Crippen LogP contribution in [-0.4, -0.2) is 36.4 Å². The maximum atomic E-state index is 12.3. The van der Waals surface area contributed by atoms with Crippen LogP contribution in [0, 0.1) is 0 Å². The fraction of sp³-hybridized carbons (Fsp3) is 0.158. The number of hydrogen-bond donors (Lipinski definition) is 2. The minimum Gasteiger partial charge on any atom is -0.507 e. The SMILES string of the molecule is COc1cc(-c2nc(-c3ccccc3O)c[nH]c2=O)cc(OC)c1OC. The van der Waals surface area contributed by atoms with E-state index in [1.165, 1.54) is 27.5 Å². The number of H-pyrrole nitrogens is 1. The number of nitrogens with one attached hydrogen (secondary N) is 1. The monoisotopic (exact) mass is 354 g/mol. The van der Waals surface area contributed by atoms with Crippen molar-refractivity contribution in [2.45, 2.75) is 0 Å². The maximum Gasteiger partial charge on any atom is 0.274 e. The molecule has 0 aliphatic heterocycles. The molecular weight excluding hydrogens is 336 g/mol. The lowest BCUT2D eigenvalue weighted by molar-refractivity contribution is 0.324. The van der Waals surface area contributed by atoms with E-state index in [9.17, 15) is 9.90 Å². The van der Waals surface area contributed by atoms with E-state index in [1.54, 1.807) is 36.4 Å². The van der Waals surface area contributed by atoms with Crippen LogP contribution in [0.15, 0.2) is 47.4 Å². The number of para-hydroxylation sites is 1. The number of ether oxygens (including phenoxy) is 3. The number of aromatic hydroxyl groups is 1. The highest BCUT2D eigenvalue weighted by atomic mass is 16.5. The molecule has 134 valence electrons. The summed E-state index contributed by atoms with van der Waals surface area (Å²) in [7, 11) is 4.50. The quantitative estimate of drug-likeness (QED) is 0.732. The van der Waals surface area contributed by atoms with Crippen molar-refractivity contribution in [2.75, 3.05) is 21.3 Å². The highest BCUT2D eigenvalue weighted by molar-refractivity contribution is 5.72.